The maximum atomic E-state index is 5.53. The molecular formula is C11H14N8OS. The van der Waals surface area contributed by atoms with Crippen LogP contribution in [0.15, 0.2) is 6.20 Å². The SMILES string of the molecule is NCc1cn(Cc2nn3c(C4CCOC4)nnc3s2)nn1. The van der Waals surface area contributed by atoms with Crippen molar-refractivity contribution in [2.24, 2.45) is 5.73 Å². The molecule has 10 heteroatoms. The molecule has 3 aromatic rings. The Morgan fingerprint density at radius 3 is 3.10 bits per heavy atom. The fourth-order valence-corrected chi connectivity index (χ4v) is 3.21. The smallest absolute Gasteiger partial charge is 0.234 e. The number of hydrogen-bond acceptors (Lipinski definition) is 8. The van der Waals surface area contributed by atoms with E-state index >= 15 is 0 Å². The number of rotatable bonds is 4. The predicted octanol–water partition coefficient (Wildman–Crippen LogP) is -0.212. The van der Waals surface area contributed by atoms with E-state index in [-0.39, 0.29) is 5.92 Å². The molecule has 4 heterocycles. The van der Waals surface area contributed by atoms with Gasteiger partial charge >= 0.3 is 0 Å². The molecule has 1 unspecified atom stereocenters. The largest absolute Gasteiger partial charge is 0.381 e. The third-order valence-corrected chi connectivity index (χ3v) is 4.33. The first kappa shape index (κ1) is 12.8. The van der Waals surface area contributed by atoms with E-state index in [1.54, 1.807) is 4.68 Å². The Hall–Kier alpha value is -1.91. The lowest BCUT2D eigenvalue weighted by Crippen LogP contribution is -2.06. The van der Waals surface area contributed by atoms with E-state index in [1.165, 1.54) is 11.3 Å². The van der Waals surface area contributed by atoms with Gasteiger partial charge in [-0.1, -0.05) is 16.6 Å². The summed E-state index contributed by atoms with van der Waals surface area (Å²) in [6.07, 6.45) is 2.80. The second kappa shape index (κ2) is 5.13. The Morgan fingerprint density at radius 2 is 2.33 bits per heavy atom. The van der Waals surface area contributed by atoms with E-state index in [9.17, 15) is 0 Å². The second-order valence-corrected chi connectivity index (χ2v) is 5.96. The van der Waals surface area contributed by atoms with Gasteiger partial charge < -0.3 is 10.5 Å². The van der Waals surface area contributed by atoms with Crippen LogP contribution in [-0.2, 0) is 17.8 Å². The first-order chi connectivity index (χ1) is 10.3. The van der Waals surface area contributed by atoms with Gasteiger partial charge in [-0.25, -0.2) is 4.68 Å². The molecule has 3 aromatic heterocycles. The van der Waals surface area contributed by atoms with E-state index in [0.29, 0.717) is 19.7 Å². The summed E-state index contributed by atoms with van der Waals surface area (Å²) in [4.78, 5) is 0.797. The van der Waals surface area contributed by atoms with Crippen molar-refractivity contribution in [3.05, 3.63) is 22.7 Å². The van der Waals surface area contributed by atoms with Crippen molar-refractivity contribution in [2.45, 2.75) is 25.4 Å². The van der Waals surface area contributed by atoms with Crippen LogP contribution in [0.4, 0.5) is 0 Å². The van der Waals surface area contributed by atoms with Gasteiger partial charge in [-0.15, -0.1) is 15.3 Å². The van der Waals surface area contributed by atoms with Gasteiger partial charge in [0.1, 0.15) is 5.01 Å². The Balaban J connectivity index is 1.61. The molecule has 9 nitrogen and oxygen atoms in total. The minimum absolute atomic E-state index is 0.283. The van der Waals surface area contributed by atoms with Gasteiger partial charge in [0.25, 0.3) is 0 Å². The normalized spacial score (nSPS) is 18.8. The molecule has 1 aliphatic rings. The van der Waals surface area contributed by atoms with Crippen molar-refractivity contribution in [3.63, 3.8) is 0 Å². The molecule has 0 aliphatic carbocycles. The molecule has 1 saturated heterocycles. The lowest BCUT2D eigenvalue weighted by atomic mass is 10.1. The van der Waals surface area contributed by atoms with Gasteiger partial charge in [-0.05, 0) is 6.42 Å². The zero-order valence-electron chi connectivity index (χ0n) is 11.2. The zero-order valence-corrected chi connectivity index (χ0v) is 12.0. The predicted molar refractivity (Wildman–Crippen MR) is 73.9 cm³/mol. The molecule has 0 radical (unpaired) electrons. The summed E-state index contributed by atoms with van der Waals surface area (Å²) < 4.78 is 8.96. The van der Waals surface area contributed by atoms with E-state index in [4.69, 9.17) is 10.5 Å². The number of hydrogen-bond donors (Lipinski definition) is 1. The number of ether oxygens (including phenoxy) is 1. The molecule has 2 N–H and O–H groups in total. The van der Waals surface area contributed by atoms with Crippen LogP contribution >= 0.6 is 11.3 Å². The van der Waals surface area contributed by atoms with E-state index in [2.05, 4.69) is 25.6 Å². The highest BCUT2D eigenvalue weighted by Gasteiger charge is 2.24. The summed E-state index contributed by atoms with van der Waals surface area (Å²) in [7, 11) is 0. The summed E-state index contributed by atoms with van der Waals surface area (Å²) in [6.45, 7) is 2.41. The molecule has 0 aromatic carbocycles. The van der Waals surface area contributed by atoms with Gasteiger partial charge in [0.05, 0.1) is 25.0 Å². The minimum atomic E-state index is 0.283. The standard InChI is InChI=1S/C11H14N8OS/c12-3-8-4-18(17-13-8)5-9-16-19-10(7-1-2-20-6-7)14-15-11(19)21-9/h4,7H,1-3,5-6,12H2. The highest BCUT2D eigenvalue weighted by Crippen LogP contribution is 2.25. The molecule has 1 aliphatic heterocycles. The highest BCUT2D eigenvalue weighted by atomic mass is 32.1. The fraction of sp³-hybridized carbons (Fsp3) is 0.545. The van der Waals surface area contributed by atoms with E-state index in [0.717, 1.165) is 34.5 Å². The first-order valence-electron chi connectivity index (χ1n) is 6.71. The van der Waals surface area contributed by atoms with Crippen molar-refractivity contribution in [1.29, 1.82) is 0 Å². The third kappa shape index (κ3) is 2.30. The molecule has 0 bridgehead atoms. The molecule has 21 heavy (non-hydrogen) atoms. The third-order valence-electron chi connectivity index (χ3n) is 3.44. The Morgan fingerprint density at radius 1 is 1.38 bits per heavy atom. The number of nitrogens with two attached hydrogens (primary N) is 1. The summed E-state index contributed by atoms with van der Waals surface area (Å²) in [5, 5.41) is 21.9. The van der Waals surface area contributed by atoms with Crippen LogP contribution < -0.4 is 5.73 Å². The van der Waals surface area contributed by atoms with Crippen LogP contribution in [0, 0.1) is 0 Å². The lowest BCUT2D eigenvalue weighted by Gasteiger charge is -2.01. The first-order valence-corrected chi connectivity index (χ1v) is 7.53. The number of fused-ring (bicyclic) bond motifs is 1. The molecular weight excluding hydrogens is 292 g/mol. The van der Waals surface area contributed by atoms with Crippen molar-refractivity contribution in [2.75, 3.05) is 13.2 Å². The quantitative estimate of drug-likeness (QED) is 0.710. The summed E-state index contributed by atoms with van der Waals surface area (Å²) in [5.74, 6) is 1.16. The Labute approximate surface area is 123 Å². The second-order valence-electron chi connectivity index (χ2n) is 4.92. The summed E-state index contributed by atoms with van der Waals surface area (Å²) in [5.41, 5.74) is 6.29. The van der Waals surface area contributed by atoms with Crippen molar-refractivity contribution in [3.8, 4) is 0 Å². The monoisotopic (exact) mass is 306 g/mol. The average Bonchev–Trinajstić information content (AvgIpc) is 3.22. The van der Waals surface area contributed by atoms with Gasteiger partial charge in [0.2, 0.25) is 4.96 Å². The molecule has 0 saturated carbocycles. The van der Waals surface area contributed by atoms with Crippen LogP contribution in [-0.4, -0.2) is 48.0 Å². The van der Waals surface area contributed by atoms with Gasteiger partial charge in [0.15, 0.2) is 5.82 Å². The van der Waals surface area contributed by atoms with Crippen LogP contribution in [0.2, 0.25) is 0 Å². The van der Waals surface area contributed by atoms with Crippen LogP contribution in [0.1, 0.15) is 28.9 Å². The van der Waals surface area contributed by atoms with Gasteiger partial charge in [-0.2, -0.15) is 9.61 Å². The van der Waals surface area contributed by atoms with Crippen LogP contribution in [0.25, 0.3) is 4.96 Å². The Bertz CT molecular complexity index is 755. The maximum absolute atomic E-state index is 5.53. The minimum Gasteiger partial charge on any atom is -0.381 e. The van der Waals surface area contributed by atoms with E-state index in [1.807, 2.05) is 10.7 Å². The molecule has 0 amide bonds. The molecule has 110 valence electrons. The van der Waals surface area contributed by atoms with Crippen LogP contribution in [0.5, 0.6) is 0 Å². The van der Waals surface area contributed by atoms with Gasteiger partial charge in [0, 0.05) is 19.1 Å². The number of nitrogens with zero attached hydrogens (tertiary/aromatic N) is 7. The topological polar surface area (TPSA) is 109 Å². The highest BCUT2D eigenvalue weighted by molar-refractivity contribution is 7.16. The van der Waals surface area contributed by atoms with E-state index < -0.39 is 0 Å². The summed E-state index contributed by atoms with van der Waals surface area (Å²) >= 11 is 1.51. The summed E-state index contributed by atoms with van der Waals surface area (Å²) in [6, 6.07) is 0. The molecule has 1 atom stereocenters. The average molecular weight is 306 g/mol. The van der Waals surface area contributed by atoms with Crippen molar-refractivity contribution >= 4 is 16.3 Å². The van der Waals surface area contributed by atoms with Crippen LogP contribution in [0.3, 0.4) is 0 Å². The molecule has 1 fully saturated rings. The molecule has 4 rings (SSSR count). The van der Waals surface area contributed by atoms with Crippen molar-refractivity contribution < 1.29 is 4.74 Å². The fourth-order valence-electron chi connectivity index (χ4n) is 2.38. The van der Waals surface area contributed by atoms with Crippen molar-refractivity contribution in [1.82, 2.24) is 34.8 Å². The zero-order chi connectivity index (χ0) is 14.2. The lowest BCUT2D eigenvalue weighted by molar-refractivity contribution is 0.193. The van der Waals surface area contributed by atoms with Gasteiger partial charge in [-0.3, -0.25) is 0 Å². The Kier molecular flexibility index (Phi) is 3.13. The molecule has 0 spiro atoms. The maximum Gasteiger partial charge on any atom is 0.234 e. The number of aromatic nitrogens is 7.